The summed E-state index contributed by atoms with van der Waals surface area (Å²) in [5.41, 5.74) is 2.25. The number of hydrogen-bond acceptors (Lipinski definition) is 5. The van der Waals surface area contributed by atoms with E-state index in [1.165, 1.54) is 16.9 Å². The zero-order valence-electron chi connectivity index (χ0n) is 17.0. The van der Waals surface area contributed by atoms with Crippen LogP contribution in [0.25, 0.3) is 5.69 Å². The normalized spacial score (nSPS) is 19.0. The van der Waals surface area contributed by atoms with Crippen molar-refractivity contribution in [1.82, 2.24) is 24.9 Å². The topological polar surface area (TPSA) is 73.1 Å². The molecule has 156 valence electrons. The molecular weight excluding hydrogens is 385 g/mol. The summed E-state index contributed by atoms with van der Waals surface area (Å²) < 4.78 is 18.7. The van der Waals surface area contributed by atoms with E-state index in [2.05, 4.69) is 22.1 Å². The van der Waals surface area contributed by atoms with Crippen molar-refractivity contribution < 1.29 is 13.9 Å². The Balaban J connectivity index is 1.50. The fourth-order valence-electron chi connectivity index (χ4n) is 3.74. The first kappa shape index (κ1) is 20.0. The molecule has 1 aromatic carbocycles. The van der Waals surface area contributed by atoms with Crippen molar-refractivity contribution in [3.05, 3.63) is 65.9 Å². The predicted octanol–water partition coefficient (Wildman–Crippen LogP) is 3.43. The van der Waals surface area contributed by atoms with Crippen molar-refractivity contribution in [1.29, 1.82) is 0 Å². The minimum Gasteiger partial charge on any atom is -0.477 e. The number of benzene rings is 1. The largest absolute Gasteiger partial charge is 0.477 e. The zero-order chi connectivity index (χ0) is 21.1. The Hall–Kier alpha value is -3.29. The number of hydrogen-bond donors (Lipinski definition) is 0. The Morgan fingerprint density at radius 2 is 2.00 bits per heavy atom. The standard InChI is InChI=1S/C22H24FN5O2/c1-15-3-7-20(28-25-9-10-26-28)19(11-15)22(29)27-13-17(5-4-16(27)2)14-30-21-8-6-18(23)12-24-21/h3,6-12,16-17H,4-5,13-14H2,1-2H3/t16-,17+/m1/s1. The number of nitrogens with zero attached hydrogens (tertiary/aromatic N) is 5. The smallest absolute Gasteiger partial charge is 0.256 e. The molecule has 0 aliphatic carbocycles. The Morgan fingerprint density at radius 3 is 2.73 bits per heavy atom. The van der Waals surface area contributed by atoms with Gasteiger partial charge in [0.1, 0.15) is 5.82 Å². The van der Waals surface area contributed by atoms with E-state index in [9.17, 15) is 9.18 Å². The van der Waals surface area contributed by atoms with Gasteiger partial charge in [-0.15, -0.1) is 0 Å². The van der Waals surface area contributed by atoms with E-state index >= 15 is 0 Å². The summed E-state index contributed by atoms with van der Waals surface area (Å²) in [6, 6.07) is 8.66. The van der Waals surface area contributed by atoms with Gasteiger partial charge in [-0.1, -0.05) is 11.6 Å². The number of halogens is 1. The summed E-state index contributed by atoms with van der Waals surface area (Å²) in [6.07, 6.45) is 6.16. The van der Waals surface area contributed by atoms with E-state index in [1.807, 2.05) is 30.0 Å². The van der Waals surface area contributed by atoms with Crippen LogP contribution in [-0.2, 0) is 0 Å². The molecule has 1 amide bonds. The van der Waals surface area contributed by atoms with Crippen molar-refractivity contribution in [2.45, 2.75) is 32.7 Å². The van der Waals surface area contributed by atoms with Crippen LogP contribution in [0.4, 0.5) is 4.39 Å². The van der Waals surface area contributed by atoms with Crippen molar-refractivity contribution in [2.24, 2.45) is 5.92 Å². The lowest BCUT2D eigenvalue weighted by molar-refractivity contribution is 0.0502. The van der Waals surface area contributed by atoms with E-state index in [0.717, 1.165) is 24.6 Å². The minimum absolute atomic E-state index is 0.0388. The van der Waals surface area contributed by atoms with Crippen LogP contribution in [-0.4, -0.2) is 50.0 Å². The fourth-order valence-corrected chi connectivity index (χ4v) is 3.74. The highest BCUT2D eigenvalue weighted by Crippen LogP contribution is 2.26. The monoisotopic (exact) mass is 409 g/mol. The number of ether oxygens (including phenoxy) is 1. The van der Waals surface area contributed by atoms with Crippen LogP contribution in [0.15, 0.2) is 48.9 Å². The van der Waals surface area contributed by atoms with Gasteiger partial charge >= 0.3 is 0 Å². The lowest BCUT2D eigenvalue weighted by Crippen LogP contribution is -2.47. The molecule has 2 atom stereocenters. The molecule has 2 aromatic heterocycles. The van der Waals surface area contributed by atoms with Crippen LogP contribution < -0.4 is 4.74 Å². The number of likely N-dealkylation sites (tertiary alicyclic amines) is 1. The van der Waals surface area contributed by atoms with E-state index in [-0.39, 0.29) is 17.9 Å². The summed E-state index contributed by atoms with van der Waals surface area (Å²) in [7, 11) is 0. The van der Waals surface area contributed by atoms with Crippen molar-refractivity contribution >= 4 is 5.91 Å². The highest BCUT2D eigenvalue weighted by molar-refractivity contribution is 5.98. The molecule has 1 aliphatic rings. The highest BCUT2D eigenvalue weighted by atomic mass is 19.1. The van der Waals surface area contributed by atoms with Gasteiger partial charge in [-0.2, -0.15) is 15.0 Å². The second-order valence-electron chi connectivity index (χ2n) is 7.71. The quantitative estimate of drug-likeness (QED) is 0.646. The number of aromatic nitrogens is 4. The van der Waals surface area contributed by atoms with Crippen molar-refractivity contribution in [3.8, 4) is 11.6 Å². The van der Waals surface area contributed by atoms with Gasteiger partial charge in [0, 0.05) is 24.6 Å². The van der Waals surface area contributed by atoms with E-state index in [0.29, 0.717) is 30.3 Å². The Kier molecular flexibility index (Phi) is 5.74. The maximum absolute atomic E-state index is 13.5. The van der Waals surface area contributed by atoms with Gasteiger partial charge in [0.05, 0.1) is 36.4 Å². The average molecular weight is 409 g/mol. The van der Waals surface area contributed by atoms with Crippen LogP contribution in [0, 0.1) is 18.7 Å². The van der Waals surface area contributed by atoms with Crippen LogP contribution in [0.5, 0.6) is 5.88 Å². The highest BCUT2D eigenvalue weighted by Gasteiger charge is 2.31. The van der Waals surface area contributed by atoms with Gasteiger partial charge in [0.25, 0.3) is 5.91 Å². The molecule has 1 saturated heterocycles. The Morgan fingerprint density at radius 1 is 1.20 bits per heavy atom. The van der Waals surface area contributed by atoms with Gasteiger partial charge in [-0.3, -0.25) is 4.79 Å². The molecule has 0 radical (unpaired) electrons. The number of rotatable bonds is 5. The summed E-state index contributed by atoms with van der Waals surface area (Å²) in [6.45, 7) is 5.04. The number of piperidine rings is 1. The molecule has 8 heteroatoms. The van der Waals surface area contributed by atoms with Gasteiger partial charge < -0.3 is 9.64 Å². The van der Waals surface area contributed by atoms with E-state index in [1.54, 1.807) is 12.4 Å². The van der Waals surface area contributed by atoms with Gasteiger partial charge in [-0.25, -0.2) is 9.37 Å². The molecule has 0 N–H and O–H groups in total. The number of carbonyl (C=O) groups is 1. The first-order chi connectivity index (χ1) is 14.5. The van der Waals surface area contributed by atoms with Crippen molar-refractivity contribution in [2.75, 3.05) is 13.2 Å². The van der Waals surface area contributed by atoms with E-state index in [4.69, 9.17) is 4.74 Å². The predicted molar refractivity (Wildman–Crippen MR) is 109 cm³/mol. The number of aryl methyl sites for hydroxylation is 1. The molecule has 0 spiro atoms. The van der Waals surface area contributed by atoms with Crippen LogP contribution in [0.3, 0.4) is 0 Å². The summed E-state index contributed by atoms with van der Waals surface area (Å²) in [5, 5.41) is 8.38. The van der Waals surface area contributed by atoms with Gasteiger partial charge in [0.2, 0.25) is 5.88 Å². The maximum atomic E-state index is 13.5. The molecule has 3 aromatic rings. The summed E-state index contributed by atoms with van der Waals surface area (Å²) in [5.74, 6) is 0.126. The summed E-state index contributed by atoms with van der Waals surface area (Å²) >= 11 is 0. The number of pyridine rings is 1. The molecular formula is C22H24FN5O2. The molecule has 1 fully saturated rings. The molecule has 0 unspecified atom stereocenters. The maximum Gasteiger partial charge on any atom is 0.256 e. The second kappa shape index (κ2) is 8.61. The van der Waals surface area contributed by atoms with E-state index < -0.39 is 5.82 Å². The molecule has 4 rings (SSSR count). The third-order valence-electron chi connectivity index (χ3n) is 5.42. The first-order valence-electron chi connectivity index (χ1n) is 10.0. The summed E-state index contributed by atoms with van der Waals surface area (Å²) in [4.78, 5) is 20.8. The zero-order valence-corrected chi connectivity index (χ0v) is 17.0. The molecule has 3 heterocycles. The van der Waals surface area contributed by atoms with Crippen LogP contribution in [0.2, 0.25) is 0 Å². The first-order valence-corrected chi connectivity index (χ1v) is 10.0. The van der Waals surface area contributed by atoms with Crippen molar-refractivity contribution in [3.63, 3.8) is 0 Å². The second-order valence-corrected chi connectivity index (χ2v) is 7.71. The molecule has 0 saturated carbocycles. The molecule has 30 heavy (non-hydrogen) atoms. The van der Waals surface area contributed by atoms with Gasteiger partial charge in [0.15, 0.2) is 0 Å². The van der Waals surface area contributed by atoms with Crippen LogP contribution >= 0.6 is 0 Å². The number of amides is 1. The molecule has 1 aliphatic heterocycles. The fraction of sp³-hybridized carbons (Fsp3) is 0.364. The molecule has 0 bridgehead atoms. The molecule has 7 nitrogen and oxygen atoms in total. The Bertz CT molecular complexity index is 1010. The average Bonchev–Trinajstić information content (AvgIpc) is 3.28. The Labute approximate surface area is 174 Å². The lowest BCUT2D eigenvalue weighted by Gasteiger charge is -2.38. The third kappa shape index (κ3) is 4.32. The van der Waals surface area contributed by atoms with Crippen LogP contribution in [0.1, 0.15) is 35.7 Å². The minimum atomic E-state index is -0.397. The third-order valence-corrected chi connectivity index (χ3v) is 5.42. The SMILES string of the molecule is Cc1ccc(-n2nccn2)c(C(=O)N2C[C@@H](COc3ccc(F)cn3)CC[C@H]2C)c1. The van der Waals surface area contributed by atoms with Gasteiger partial charge in [-0.05, 0) is 44.9 Å². The lowest BCUT2D eigenvalue weighted by atomic mass is 9.93. The number of carbonyl (C=O) groups excluding carboxylic acids is 1.